The minimum atomic E-state index is -2.97. The number of ether oxygens (including phenoxy) is 3. The lowest BCUT2D eigenvalue weighted by Crippen LogP contribution is -2.57. The summed E-state index contributed by atoms with van der Waals surface area (Å²) in [6.45, 7) is 4.55. The molecule has 0 bridgehead atoms. The highest BCUT2D eigenvalue weighted by Crippen LogP contribution is 2.66. The molecule has 5 fully saturated rings. The zero-order chi connectivity index (χ0) is 25.1. The van der Waals surface area contributed by atoms with Gasteiger partial charge in [-0.3, -0.25) is 9.79 Å². The van der Waals surface area contributed by atoms with Crippen LogP contribution in [0.25, 0.3) is 0 Å². The van der Waals surface area contributed by atoms with Crippen LogP contribution in [0.4, 0.5) is 8.78 Å². The van der Waals surface area contributed by atoms with Crippen LogP contribution in [0.5, 0.6) is 0 Å². The molecule has 36 heavy (non-hydrogen) atoms. The van der Waals surface area contributed by atoms with Crippen LogP contribution >= 0.6 is 0 Å². The molecular formula is C29H41F2NO4. The fourth-order valence-electron chi connectivity index (χ4n) is 8.59. The number of carbonyl (C=O) groups is 1. The minimum absolute atomic E-state index is 0.210. The summed E-state index contributed by atoms with van der Waals surface area (Å²) >= 11 is 0. The van der Waals surface area contributed by atoms with Gasteiger partial charge in [0.25, 0.3) is 5.92 Å². The second-order valence-electron chi connectivity index (χ2n) is 12.6. The zero-order valence-electron chi connectivity index (χ0n) is 21.8. The first-order chi connectivity index (χ1) is 17.2. The Labute approximate surface area is 213 Å². The van der Waals surface area contributed by atoms with Crippen molar-refractivity contribution in [2.45, 2.75) is 115 Å². The van der Waals surface area contributed by atoms with Crippen molar-refractivity contribution in [3.63, 3.8) is 0 Å². The molecule has 0 aromatic heterocycles. The molecule has 0 radical (unpaired) electrons. The quantitative estimate of drug-likeness (QED) is 0.327. The van der Waals surface area contributed by atoms with Crippen molar-refractivity contribution in [1.29, 1.82) is 0 Å². The van der Waals surface area contributed by atoms with Gasteiger partial charge in [-0.25, -0.2) is 0 Å². The summed E-state index contributed by atoms with van der Waals surface area (Å²) in [4.78, 5) is 16.9. The van der Waals surface area contributed by atoms with E-state index in [2.05, 4.69) is 6.92 Å². The van der Waals surface area contributed by atoms with E-state index in [4.69, 9.17) is 19.2 Å². The predicted molar refractivity (Wildman–Crippen MR) is 132 cm³/mol. The van der Waals surface area contributed by atoms with Gasteiger partial charge in [-0.1, -0.05) is 13.0 Å². The summed E-state index contributed by atoms with van der Waals surface area (Å²) in [5.74, 6) is -2.35. The third-order valence-electron chi connectivity index (χ3n) is 10.5. The third-order valence-corrected chi connectivity index (χ3v) is 10.5. The molecule has 1 saturated heterocycles. The fraction of sp³-hybridized carbons (Fsp3) is 0.862. The molecule has 1 heterocycles. The Balaban J connectivity index is 1.27. The molecule has 6 aliphatic rings. The molecule has 5 nitrogen and oxygen atoms in total. The Kier molecular flexibility index (Phi) is 6.34. The van der Waals surface area contributed by atoms with Crippen LogP contribution in [0.2, 0.25) is 0 Å². The molecular weight excluding hydrogens is 464 g/mol. The first-order valence-corrected chi connectivity index (χ1v) is 14.3. The molecule has 0 spiro atoms. The van der Waals surface area contributed by atoms with Gasteiger partial charge in [-0.15, -0.1) is 0 Å². The van der Waals surface area contributed by atoms with Crippen molar-refractivity contribution in [2.24, 2.45) is 33.6 Å². The van der Waals surface area contributed by atoms with Crippen LogP contribution in [-0.4, -0.2) is 49.3 Å². The Bertz CT molecular complexity index is 940. The van der Waals surface area contributed by atoms with Gasteiger partial charge < -0.3 is 14.2 Å². The summed E-state index contributed by atoms with van der Waals surface area (Å²) in [5, 5.41) is 0. The van der Waals surface area contributed by atoms with Crippen molar-refractivity contribution in [3.05, 3.63) is 11.6 Å². The van der Waals surface area contributed by atoms with E-state index in [9.17, 15) is 4.79 Å². The summed E-state index contributed by atoms with van der Waals surface area (Å²) in [7, 11) is 0. The SMILES string of the molecule is CC(=O)OC[C@]12CC[C@H]3[C@@H](CC=C4C(F)(F)C(OC5CCCCO5)CC[C@@]43C)[C@@H]1CCC2=NC1CC1. The van der Waals surface area contributed by atoms with Gasteiger partial charge in [0.05, 0.1) is 6.04 Å². The lowest BCUT2D eigenvalue weighted by Gasteiger charge is -2.59. The molecule has 1 aliphatic heterocycles. The predicted octanol–water partition coefficient (Wildman–Crippen LogP) is 6.25. The number of allylic oxidation sites excluding steroid dienone is 1. The van der Waals surface area contributed by atoms with E-state index < -0.39 is 23.7 Å². The van der Waals surface area contributed by atoms with E-state index in [-0.39, 0.29) is 17.3 Å². The van der Waals surface area contributed by atoms with Gasteiger partial charge in [0.2, 0.25) is 0 Å². The number of halogens is 2. The van der Waals surface area contributed by atoms with Gasteiger partial charge in [0.15, 0.2) is 6.29 Å². The van der Waals surface area contributed by atoms with Crippen LogP contribution in [0, 0.1) is 28.6 Å². The second kappa shape index (κ2) is 9.14. The highest BCUT2D eigenvalue weighted by Gasteiger charge is 2.65. The van der Waals surface area contributed by atoms with Gasteiger partial charge in [0.1, 0.15) is 12.7 Å². The number of carbonyl (C=O) groups excluding carboxylic acids is 1. The van der Waals surface area contributed by atoms with E-state index in [0.29, 0.717) is 55.9 Å². The number of aliphatic imine (C=N–C) groups is 1. The van der Waals surface area contributed by atoms with Crippen LogP contribution in [0.15, 0.2) is 16.6 Å². The van der Waals surface area contributed by atoms with Crippen LogP contribution in [-0.2, 0) is 19.0 Å². The van der Waals surface area contributed by atoms with Crippen molar-refractivity contribution in [2.75, 3.05) is 13.2 Å². The standard InChI is InChI=1S/C29H41F2NO4/c1-18(33)35-17-28-15-12-21-20(22(28)9-11-24(28)32-19-6-7-19)8-10-23-27(21,2)14-13-25(29(23,30)31)36-26-5-3-4-16-34-26/h10,19-22,25-26H,3-9,11-17H2,1-2H3/t20-,21+,22+,25?,26?,27-,28-/m1/s1. The normalized spacial score (nSPS) is 44.8. The lowest BCUT2D eigenvalue weighted by molar-refractivity contribution is -0.246. The molecule has 200 valence electrons. The first kappa shape index (κ1) is 25.0. The second-order valence-corrected chi connectivity index (χ2v) is 12.6. The van der Waals surface area contributed by atoms with Gasteiger partial charge in [-0.05, 0) is 100 Å². The average Bonchev–Trinajstić information content (AvgIpc) is 3.60. The number of hydrogen-bond acceptors (Lipinski definition) is 5. The van der Waals surface area contributed by atoms with Gasteiger partial charge in [0, 0.05) is 30.2 Å². The molecule has 5 aliphatic carbocycles. The highest BCUT2D eigenvalue weighted by atomic mass is 19.3. The molecule has 7 atom stereocenters. The van der Waals surface area contributed by atoms with Crippen molar-refractivity contribution in [1.82, 2.24) is 0 Å². The zero-order valence-corrected chi connectivity index (χ0v) is 21.8. The molecule has 0 aromatic carbocycles. The smallest absolute Gasteiger partial charge is 0.302 e. The summed E-state index contributed by atoms with van der Waals surface area (Å²) in [6, 6.07) is 0.433. The Hall–Kier alpha value is -1.34. The van der Waals surface area contributed by atoms with Gasteiger partial charge in [-0.2, -0.15) is 8.78 Å². The van der Waals surface area contributed by atoms with E-state index in [1.807, 2.05) is 6.08 Å². The number of nitrogens with zero attached hydrogens (tertiary/aromatic N) is 1. The lowest BCUT2D eigenvalue weighted by atomic mass is 9.47. The van der Waals surface area contributed by atoms with Crippen molar-refractivity contribution in [3.8, 4) is 0 Å². The Morgan fingerprint density at radius 1 is 1.11 bits per heavy atom. The molecule has 6 rings (SSSR count). The van der Waals surface area contributed by atoms with Crippen LogP contribution in [0.3, 0.4) is 0 Å². The Morgan fingerprint density at radius 2 is 1.94 bits per heavy atom. The monoisotopic (exact) mass is 505 g/mol. The maximum Gasteiger partial charge on any atom is 0.302 e. The average molecular weight is 506 g/mol. The molecule has 0 N–H and O–H groups in total. The largest absolute Gasteiger partial charge is 0.465 e. The molecule has 2 unspecified atom stereocenters. The number of alkyl halides is 2. The number of rotatable bonds is 5. The Morgan fingerprint density at radius 3 is 2.67 bits per heavy atom. The third kappa shape index (κ3) is 4.07. The number of hydrogen-bond donors (Lipinski definition) is 0. The first-order valence-electron chi connectivity index (χ1n) is 14.3. The van der Waals surface area contributed by atoms with Crippen molar-refractivity contribution >= 4 is 11.7 Å². The van der Waals surface area contributed by atoms with E-state index in [1.54, 1.807) is 0 Å². The van der Waals surface area contributed by atoms with Gasteiger partial charge >= 0.3 is 5.97 Å². The van der Waals surface area contributed by atoms with Crippen molar-refractivity contribution < 1.29 is 27.8 Å². The van der Waals surface area contributed by atoms with E-state index in [0.717, 1.165) is 57.8 Å². The topological polar surface area (TPSA) is 57.1 Å². The highest BCUT2D eigenvalue weighted by molar-refractivity contribution is 5.93. The molecule has 7 heteroatoms. The molecule has 0 amide bonds. The maximum absolute atomic E-state index is 16.0. The maximum atomic E-state index is 16.0. The summed E-state index contributed by atoms with van der Waals surface area (Å²) in [6.07, 6.45) is 10.7. The molecule has 0 aromatic rings. The number of fused-ring (bicyclic) bond motifs is 5. The molecule has 4 saturated carbocycles. The minimum Gasteiger partial charge on any atom is -0.465 e. The fourth-order valence-corrected chi connectivity index (χ4v) is 8.59. The summed E-state index contributed by atoms with van der Waals surface area (Å²) in [5.41, 5.74) is 0.812. The number of esters is 1. The van der Waals surface area contributed by atoms with Crippen LogP contribution < -0.4 is 0 Å². The van der Waals surface area contributed by atoms with E-state index >= 15 is 8.78 Å². The van der Waals surface area contributed by atoms with Crippen LogP contribution in [0.1, 0.15) is 90.9 Å². The van der Waals surface area contributed by atoms with E-state index in [1.165, 1.54) is 12.6 Å². The summed E-state index contributed by atoms with van der Waals surface area (Å²) < 4.78 is 49.2.